The van der Waals surface area contributed by atoms with E-state index in [0.717, 1.165) is 12.8 Å². The van der Waals surface area contributed by atoms with Crippen LogP contribution in [-0.4, -0.2) is 123 Å². The number of quaternary nitrogens is 1. The molecule has 0 aliphatic heterocycles. The molecule has 0 saturated heterocycles. The second-order valence-electron chi connectivity index (χ2n) is 19.6. The molecule has 0 aromatic carbocycles. The number of hydrogen-bond donors (Lipinski definition) is 1. The first-order chi connectivity index (χ1) is 34.5. The molecule has 1 N–H and O–H groups in total. The molecule has 74 heavy (non-hydrogen) atoms. The van der Waals surface area contributed by atoms with Gasteiger partial charge < -0.3 is 5.11 Å². The summed E-state index contributed by atoms with van der Waals surface area (Å²) >= 11 is 0. The van der Waals surface area contributed by atoms with E-state index in [0.29, 0.717) is 103 Å². The van der Waals surface area contributed by atoms with Crippen molar-refractivity contribution in [3.8, 4) is 0 Å². The van der Waals surface area contributed by atoms with E-state index in [1.54, 1.807) is 0 Å². The zero-order chi connectivity index (χ0) is 56.9. The lowest BCUT2D eigenvalue weighted by Crippen LogP contribution is -2.88. The van der Waals surface area contributed by atoms with Crippen molar-refractivity contribution in [1.82, 2.24) is 18.1 Å². The van der Waals surface area contributed by atoms with Crippen molar-refractivity contribution in [2.24, 2.45) is 0 Å². The average molecular weight is 1180 g/mol. The van der Waals surface area contributed by atoms with Crippen LogP contribution in [0.1, 0.15) is 234 Å². The van der Waals surface area contributed by atoms with Crippen molar-refractivity contribution in [1.29, 1.82) is 0 Å². The molecule has 0 aliphatic carbocycles. The minimum absolute atomic E-state index is 0.0390. The average Bonchev–Trinajstić information content (AvgIpc) is 3.33. The molecule has 27 heteroatoms. The monoisotopic (exact) mass is 1170 g/mol. The van der Waals surface area contributed by atoms with E-state index < -0.39 is 162 Å². The Kier molecular flexibility index (Phi) is 34.4. The number of carboxylic acids is 1. The molecular formula is C47H93F5N5O12S5+. The Labute approximate surface area is 443 Å². The van der Waals surface area contributed by atoms with Crippen LogP contribution < -0.4 is 0 Å². The maximum atomic E-state index is 19.2. The maximum Gasteiger partial charge on any atom is 0.337 e. The van der Waals surface area contributed by atoms with Gasteiger partial charge in [-0.15, -0.1) is 17.9 Å². The molecule has 0 heterocycles. The second-order valence-corrected chi connectivity index (χ2v) is 29.4. The van der Waals surface area contributed by atoms with E-state index in [9.17, 15) is 52.0 Å². The summed E-state index contributed by atoms with van der Waals surface area (Å²) in [4.78, 5) is 12.9. The molecule has 0 aromatic rings. The van der Waals surface area contributed by atoms with Crippen LogP contribution in [0.5, 0.6) is 0 Å². The SMILES string of the molecule is CCCCCCCCS(=O)(=O)N(F)C(N(F)S(=O)(=O)CCCCCCCC)(N(F)S(=O)(=O)CCCCCCCC)C(C=C(C)C(=O)O)(N(F)S(=O)(=O)CCCCCCCC)[N+](C)(F)S(=O)(=O)CCCCCCCC. The largest absolute Gasteiger partial charge is 0.478 e. The predicted octanol–water partition coefficient (Wildman–Crippen LogP) is 11.9. The molecule has 0 bridgehead atoms. The lowest BCUT2D eigenvalue weighted by atomic mass is 9.99. The van der Waals surface area contributed by atoms with Gasteiger partial charge in [-0.1, -0.05) is 195 Å². The van der Waals surface area contributed by atoms with Crippen molar-refractivity contribution < 1.29 is 78.5 Å². The molecule has 0 rings (SSSR count). The molecule has 0 aromatic heterocycles. The smallest absolute Gasteiger partial charge is 0.337 e. The van der Waals surface area contributed by atoms with Crippen LogP contribution in [0.25, 0.3) is 0 Å². The van der Waals surface area contributed by atoms with Crippen LogP contribution in [0.3, 0.4) is 0 Å². The van der Waals surface area contributed by atoms with E-state index in [1.165, 1.54) is 0 Å². The number of unbranched alkanes of at least 4 members (excludes halogenated alkanes) is 25. The fourth-order valence-corrected chi connectivity index (χ4v) is 16.0. The second kappa shape index (κ2) is 35.1. The lowest BCUT2D eigenvalue weighted by molar-refractivity contribution is -0.995. The third-order valence-corrected chi connectivity index (χ3v) is 21.5. The number of carbonyl (C=O) groups is 1. The van der Waals surface area contributed by atoms with Gasteiger partial charge in [0.25, 0.3) is 0 Å². The Morgan fingerprint density at radius 3 is 0.878 bits per heavy atom. The first-order valence-electron chi connectivity index (χ1n) is 27.0. The fraction of sp³-hybridized carbons (Fsp3) is 0.936. The summed E-state index contributed by atoms with van der Waals surface area (Å²) in [5, 5.41) is 10.3. The summed E-state index contributed by atoms with van der Waals surface area (Å²) in [5.41, 5.74) is -7.39. The van der Waals surface area contributed by atoms with Gasteiger partial charge in [0.2, 0.25) is 40.1 Å². The quantitative estimate of drug-likeness (QED) is 0.0198. The Hall–Kier alpha value is -1.59. The van der Waals surface area contributed by atoms with Gasteiger partial charge in [0, 0.05) is 34.2 Å². The van der Waals surface area contributed by atoms with Crippen molar-refractivity contribution in [3.05, 3.63) is 11.6 Å². The minimum atomic E-state index is -6.44. The highest BCUT2D eigenvalue weighted by Gasteiger charge is 2.88. The molecule has 0 fully saturated rings. The number of likely N-dealkylation sites (N-methyl/N-ethyl adjacent to an activating group) is 1. The Morgan fingerprint density at radius 1 is 0.419 bits per heavy atom. The number of rotatable bonds is 48. The van der Waals surface area contributed by atoms with Gasteiger partial charge >= 0.3 is 27.4 Å². The molecule has 0 aliphatic rings. The van der Waals surface area contributed by atoms with E-state index in [2.05, 4.69) is 0 Å². The van der Waals surface area contributed by atoms with Crippen molar-refractivity contribution in [2.75, 3.05) is 35.8 Å². The third-order valence-electron chi connectivity index (χ3n) is 13.1. The van der Waals surface area contributed by atoms with E-state index >= 15 is 22.4 Å². The number of aliphatic carboxylic acids is 1. The topological polar surface area (TPSA) is 221 Å². The Morgan fingerprint density at radius 2 is 0.635 bits per heavy atom. The number of sulfonamides is 5. The number of nitrogens with zero attached hydrogens (tertiary/aromatic N) is 5. The van der Waals surface area contributed by atoms with Gasteiger partial charge in [-0.25, -0.2) is 38.5 Å². The zero-order valence-corrected chi connectivity index (χ0v) is 49.5. The fourth-order valence-electron chi connectivity index (χ4n) is 8.55. The highest BCUT2D eigenvalue weighted by molar-refractivity contribution is 7.91. The van der Waals surface area contributed by atoms with E-state index in [4.69, 9.17) is 0 Å². The Balaban J connectivity index is 9.70. The third kappa shape index (κ3) is 20.9. The normalized spacial score (nSPS) is 15.4. The highest BCUT2D eigenvalue weighted by atomic mass is 32.2. The summed E-state index contributed by atoms with van der Waals surface area (Å²) in [7, 11) is -32.3. The van der Waals surface area contributed by atoms with E-state index in [-0.39, 0.29) is 58.4 Å². The van der Waals surface area contributed by atoms with Crippen LogP contribution in [-0.2, 0) is 54.9 Å². The minimum Gasteiger partial charge on any atom is -0.478 e. The van der Waals surface area contributed by atoms with Crippen LogP contribution >= 0.6 is 0 Å². The van der Waals surface area contributed by atoms with Crippen molar-refractivity contribution in [3.63, 3.8) is 0 Å². The summed E-state index contributed by atoms with van der Waals surface area (Å²) in [6.07, 6.45) is 6.90. The number of halogens is 5. The molecule has 0 saturated carbocycles. The van der Waals surface area contributed by atoms with Crippen molar-refractivity contribution >= 4 is 56.1 Å². The highest BCUT2D eigenvalue weighted by Crippen LogP contribution is 2.54. The molecular weight excluding hydrogens is 1080 g/mol. The van der Waals surface area contributed by atoms with Gasteiger partial charge in [-0.2, -0.15) is 8.42 Å². The van der Waals surface area contributed by atoms with Gasteiger partial charge in [0.1, 0.15) is 12.8 Å². The van der Waals surface area contributed by atoms with Crippen LogP contribution in [0.2, 0.25) is 0 Å². The van der Waals surface area contributed by atoms with Crippen LogP contribution in [0, 0.1) is 0 Å². The van der Waals surface area contributed by atoms with Gasteiger partial charge in [-0.3, -0.25) is 0 Å². The molecule has 0 spiro atoms. The summed E-state index contributed by atoms with van der Waals surface area (Å²) < 4.78 is 228. The maximum absolute atomic E-state index is 19.2. The van der Waals surface area contributed by atoms with Gasteiger partial charge in [0.05, 0.1) is 23.0 Å². The Bertz CT molecular complexity index is 2090. The number of hydrogen-bond acceptors (Lipinski definition) is 11. The van der Waals surface area contributed by atoms with Gasteiger partial charge in [0.15, 0.2) is 0 Å². The zero-order valence-electron chi connectivity index (χ0n) is 45.4. The molecule has 0 amide bonds. The predicted molar refractivity (Wildman–Crippen MR) is 282 cm³/mol. The summed E-state index contributed by atoms with van der Waals surface area (Å²) in [6, 6.07) is 0. The summed E-state index contributed by atoms with van der Waals surface area (Å²) in [6.45, 7) is 9.68. The molecule has 442 valence electrons. The van der Waals surface area contributed by atoms with Crippen LogP contribution in [0.4, 0.5) is 22.4 Å². The molecule has 2 atom stereocenters. The first-order valence-corrected chi connectivity index (χ1v) is 35.0. The molecule has 2 unspecified atom stereocenters. The van der Waals surface area contributed by atoms with Crippen LogP contribution in [0.15, 0.2) is 11.6 Å². The van der Waals surface area contributed by atoms with Gasteiger partial charge in [-0.05, 0) is 43.1 Å². The van der Waals surface area contributed by atoms with E-state index in [1.807, 2.05) is 34.6 Å². The number of carboxylic acid groups (broad SMARTS) is 1. The lowest BCUT2D eigenvalue weighted by Gasteiger charge is -2.53. The first kappa shape index (κ1) is 72.4. The summed E-state index contributed by atoms with van der Waals surface area (Å²) in [5.74, 6) is -16.4. The standard InChI is InChI=1S/C47H92F5N5O12S5/c1-8-13-18-23-28-33-38-70(60,61)53(48)46(43-44(6)45(58)59,57(7,52)74(68,69)42-37-32-27-22-17-12-5)47(54(49)71(62,63)39-34-29-24-19-14-9-2,55(50)72(64,65)40-35-30-25-20-15-10-3)56(51)73(66,67)41-36-31-26-21-16-11-4/h43H,8-42H2,1-7H3/p+1. The molecule has 17 nitrogen and oxygen atoms in total. The van der Waals surface area contributed by atoms with Crippen molar-refractivity contribution in [2.45, 2.75) is 246 Å². The molecule has 0 radical (unpaired) electrons.